The van der Waals surface area contributed by atoms with Crippen molar-refractivity contribution in [3.63, 3.8) is 0 Å². The van der Waals surface area contributed by atoms with E-state index in [0.717, 1.165) is 10.7 Å². The Balaban J connectivity index is 2.48. The average Bonchev–Trinajstić information content (AvgIpc) is 2.61. The van der Waals surface area contributed by atoms with Crippen LogP contribution < -0.4 is 5.32 Å². The summed E-state index contributed by atoms with van der Waals surface area (Å²) in [5.41, 5.74) is 2.38. The molecule has 0 aliphatic carbocycles. The predicted molar refractivity (Wildman–Crippen MR) is 42.7 cm³/mol. The van der Waals surface area contributed by atoms with Gasteiger partial charge in [0, 0.05) is 6.20 Å². The Bertz CT molecular complexity index is 299. The van der Waals surface area contributed by atoms with Crippen LogP contribution in [-0.4, -0.2) is 4.98 Å². The van der Waals surface area contributed by atoms with Crippen LogP contribution in [0.3, 0.4) is 0 Å². The summed E-state index contributed by atoms with van der Waals surface area (Å²) in [5.74, 6) is 0. The zero-order chi connectivity index (χ0) is 7.14. The Hall–Kier alpha value is -0.830. The molecule has 2 heterocycles. The van der Waals surface area contributed by atoms with E-state index in [4.69, 9.17) is 0 Å². The lowest BCUT2D eigenvalue weighted by atomic mass is 10.4. The third-order valence-corrected chi connectivity index (χ3v) is 2.54. The summed E-state index contributed by atoms with van der Waals surface area (Å²) in [7, 11) is 0. The molecule has 52 valence electrons. The summed E-state index contributed by atoms with van der Waals surface area (Å²) in [6.45, 7) is 4.07. The third-order valence-electron chi connectivity index (χ3n) is 1.44. The van der Waals surface area contributed by atoms with Gasteiger partial charge in [0.15, 0.2) is 0 Å². The molecule has 0 bridgehead atoms. The SMILES string of the molecule is Cc1nc(C)c(C2=CN2)s1. The normalized spacial score (nSPS) is 14.4. The first-order chi connectivity index (χ1) is 4.77. The van der Waals surface area contributed by atoms with Crippen LogP contribution in [0.1, 0.15) is 15.6 Å². The highest BCUT2D eigenvalue weighted by atomic mass is 32.1. The number of aryl methyl sites for hydroxylation is 2. The number of hydrogen-bond donors (Lipinski definition) is 1. The Labute approximate surface area is 63.6 Å². The van der Waals surface area contributed by atoms with Crippen LogP contribution in [0.2, 0.25) is 0 Å². The largest absolute Gasteiger partial charge is 0.357 e. The van der Waals surface area contributed by atoms with Gasteiger partial charge in [0.25, 0.3) is 0 Å². The van der Waals surface area contributed by atoms with Crippen molar-refractivity contribution in [1.29, 1.82) is 0 Å². The van der Waals surface area contributed by atoms with Crippen LogP contribution >= 0.6 is 11.3 Å². The minimum absolute atomic E-state index is 1.14. The smallest absolute Gasteiger partial charge is 0.0904 e. The van der Waals surface area contributed by atoms with Crippen molar-refractivity contribution in [2.24, 2.45) is 0 Å². The lowest BCUT2D eigenvalue weighted by Crippen LogP contribution is -1.79. The number of rotatable bonds is 1. The van der Waals surface area contributed by atoms with Crippen LogP contribution in [0.15, 0.2) is 6.20 Å². The van der Waals surface area contributed by atoms with Gasteiger partial charge in [-0.15, -0.1) is 11.3 Å². The van der Waals surface area contributed by atoms with E-state index < -0.39 is 0 Å². The monoisotopic (exact) mass is 152 g/mol. The fraction of sp³-hybridized carbons (Fsp3) is 0.286. The third kappa shape index (κ3) is 0.827. The first-order valence-electron chi connectivity index (χ1n) is 3.18. The van der Waals surface area contributed by atoms with Crippen molar-refractivity contribution in [2.45, 2.75) is 13.8 Å². The molecule has 0 saturated heterocycles. The maximum atomic E-state index is 4.31. The van der Waals surface area contributed by atoms with Gasteiger partial charge in [0.2, 0.25) is 0 Å². The van der Waals surface area contributed by atoms with Crippen molar-refractivity contribution in [2.75, 3.05) is 0 Å². The average molecular weight is 152 g/mol. The van der Waals surface area contributed by atoms with Crippen molar-refractivity contribution >= 4 is 17.0 Å². The van der Waals surface area contributed by atoms with Gasteiger partial charge in [-0.2, -0.15) is 0 Å². The fourth-order valence-corrected chi connectivity index (χ4v) is 1.85. The van der Waals surface area contributed by atoms with Crippen molar-refractivity contribution in [3.8, 4) is 0 Å². The molecule has 2 nitrogen and oxygen atoms in total. The van der Waals surface area contributed by atoms with Gasteiger partial charge in [-0.25, -0.2) is 4.98 Å². The van der Waals surface area contributed by atoms with Crippen molar-refractivity contribution < 1.29 is 0 Å². The van der Waals surface area contributed by atoms with E-state index in [-0.39, 0.29) is 0 Å². The minimum Gasteiger partial charge on any atom is -0.357 e. The van der Waals surface area contributed by atoms with Crippen molar-refractivity contribution in [1.82, 2.24) is 10.3 Å². The molecule has 1 aliphatic heterocycles. The van der Waals surface area contributed by atoms with Crippen LogP contribution in [0.25, 0.3) is 5.70 Å². The highest BCUT2D eigenvalue weighted by Gasteiger charge is 2.15. The molecule has 0 spiro atoms. The molecule has 1 aliphatic rings. The summed E-state index contributed by atoms with van der Waals surface area (Å²) >= 11 is 1.74. The molecule has 0 aromatic carbocycles. The number of aromatic nitrogens is 1. The van der Waals surface area contributed by atoms with E-state index in [2.05, 4.69) is 10.3 Å². The number of hydrogen-bond acceptors (Lipinski definition) is 3. The van der Waals surface area contributed by atoms with E-state index in [0.29, 0.717) is 0 Å². The first-order valence-corrected chi connectivity index (χ1v) is 4.00. The molecule has 3 heteroatoms. The summed E-state index contributed by atoms with van der Waals surface area (Å²) < 4.78 is 0. The molecule has 1 aromatic rings. The molecule has 0 amide bonds. The molecule has 0 atom stereocenters. The maximum Gasteiger partial charge on any atom is 0.0904 e. The van der Waals surface area contributed by atoms with Crippen LogP contribution in [0.4, 0.5) is 0 Å². The molecule has 0 unspecified atom stereocenters. The Morgan fingerprint density at radius 3 is 2.60 bits per heavy atom. The topological polar surface area (TPSA) is 34.8 Å². The minimum atomic E-state index is 1.14. The number of nitrogens with zero attached hydrogens (tertiary/aromatic N) is 1. The Morgan fingerprint density at radius 1 is 1.50 bits per heavy atom. The van der Waals surface area contributed by atoms with Crippen LogP contribution in [0, 0.1) is 13.8 Å². The molecule has 1 aromatic heterocycles. The van der Waals surface area contributed by atoms with Crippen molar-refractivity contribution in [3.05, 3.63) is 21.8 Å². The lowest BCUT2D eigenvalue weighted by molar-refractivity contribution is 1.19. The summed E-state index contributed by atoms with van der Waals surface area (Å²) in [4.78, 5) is 5.60. The molecular formula is C7H8N2S. The second-order valence-corrected chi connectivity index (χ2v) is 3.55. The predicted octanol–water partition coefficient (Wildman–Crippen LogP) is 1.66. The van der Waals surface area contributed by atoms with Gasteiger partial charge < -0.3 is 5.32 Å². The standard InChI is InChI=1S/C7H8N2S/c1-4-7(6-3-8-6)10-5(2)9-4/h3,8H,1-2H3. The highest BCUT2D eigenvalue weighted by molar-refractivity contribution is 7.12. The Morgan fingerprint density at radius 2 is 2.20 bits per heavy atom. The molecule has 0 fully saturated rings. The highest BCUT2D eigenvalue weighted by Crippen LogP contribution is 2.28. The zero-order valence-corrected chi connectivity index (χ0v) is 6.75. The fourth-order valence-electron chi connectivity index (χ4n) is 0.948. The second-order valence-electron chi connectivity index (χ2n) is 2.35. The zero-order valence-electron chi connectivity index (χ0n) is 5.93. The van der Waals surface area contributed by atoms with Gasteiger partial charge in [-0.1, -0.05) is 0 Å². The summed E-state index contributed by atoms with van der Waals surface area (Å²) in [6.07, 6.45) is 2.00. The van der Waals surface area contributed by atoms with Gasteiger partial charge in [-0.05, 0) is 13.8 Å². The summed E-state index contributed by atoms with van der Waals surface area (Å²) in [5, 5.41) is 4.21. The maximum absolute atomic E-state index is 4.31. The van der Waals surface area contributed by atoms with E-state index >= 15 is 0 Å². The molecule has 1 N–H and O–H groups in total. The Kier molecular flexibility index (Phi) is 1.08. The molecule has 0 radical (unpaired) electrons. The molecular weight excluding hydrogens is 144 g/mol. The molecule has 10 heavy (non-hydrogen) atoms. The number of nitrogens with one attached hydrogen (secondary N) is 1. The first kappa shape index (κ1) is 5.92. The quantitative estimate of drug-likeness (QED) is 0.664. The van der Waals surface area contributed by atoms with E-state index in [1.54, 1.807) is 11.3 Å². The van der Waals surface area contributed by atoms with E-state index in [1.165, 1.54) is 10.6 Å². The van der Waals surface area contributed by atoms with E-state index in [9.17, 15) is 0 Å². The summed E-state index contributed by atoms with van der Waals surface area (Å²) in [6, 6.07) is 0. The number of thiazole rings is 1. The molecule has 2 rings (SSSR count). The van der Waals surface area contributed by atoms with E-state index in [1.807, 2.05) is 20.0 Å². The second kappa shape index (κ2) is 1.83. The van der Waals surface area contributed by atoms with Crippen LogP contribution in [0.5, 0.6) is 0 Å². The van der Waals surface area contributed by atoms with Gasteiger partial charge in [0.1, 0.15) is 0 Å². The van der Waals surface area contributed by atoms with Gasteiger partial charge >= 0.3 is 0 Å². The van der Waals surface area contributed by atoms with Crippen LogP contribution in [-0.2, 0) is 0 Å². The van der Waals surface area contributed by atoms with Gasteiger partial charge in [0.05, 0.1) is 21.3 Å². The van der Waals surface area contributed by atoms with Gasteiger partial charge in [-0.3, -0.25) is 0 Å². The lowest BCUT2D eigenvalue weighted by Gasteiger charge is -1.84. The molecule has 0 saturated carbocycles.